The normalized spacial score (nSPS) is 15.3. The zero-order chi connectivity index (χ0) is 23.9. The topological polar surface area (TPSA) is 68.6 Å². The van der Waals surface area contributed by atoms with Gasteiger partial charge in [-0.1, -0.05) is 49.4 Å². The number of aromatic nitrogens is 2. The van der Waals surface area contributed by atoms with Crippen LogP contribution in [0.1, 0.15) is 37.3 Å². The van der Waals surface area contributed by atoms with Gasteiger partial charge >= 0.3 is 6.03 Å². The fraction of sp³-hybridized carbons (Fsp3) is 0.407. The van der Waals surface area contributed by atoms with Gasteiger partial charge in [0.2, 0.25) is 5.88 Å². The molecule has 1 N–H and O–H groups in total. The molecule has 3 aromatic rings. The summed E-state index contributed by atoms with van der Waals surface area (Å²) in [5.41, 5.74) is 3.79. The third-order valence-corrected chi connectivity index (χ3v) is 5.95. The highest BCUT2D eigenvalue weighted by molar-refractivity contribution is 5.75. The van der Waals surface area contributed by atoms with E-state index in [1.165, 1.54) is 0 Å². The zero-order valence-corrected chi connectivity index (χ0v) is 20.3. The average molecular weight is 463 g/mol. The van der Waals surface area contributed by atoms with Crippen molar-refractivity contribution >= 4 is 6.03 Å². The highest BCUT2D eigenvalue weighted by Gasteiger charge is 2.27. The molecular weight excluding hydrogens is 428 g/mol. The number of ether oxygens (including phenoxy) is 2. The third kappa shape index (κ3) is 5.78. The van der Waals surface area contributed by atoms with Crippen LogP contribution in [0.2, 0.25) is 0 Å². The zero-order valence-electron chi connectivity index (χ0n) is 20.3. The minimum Gasteiger partial charge on any atom is -0.439 e. The smallest absolute Gasteiger partial charge is 0.317 e. The fourth-order valence-corrected chi connectivity index (χ4v) is 4.23. The van der Waals surface area contributed by atoms with Gasteiger partial charge in [-0.3, -0.25) is 0 Å². The second-order valence-electron chi connectivity index (χ2n) is 8.79. The Bertz CT molecular complexity index is 1090. The van der Waals surface area contributed by atoms with Gasteiger partial charge in [-0.25, -0.2) is 9.48 Å². The number of carbonyl (C=O) groups is 1. The summed E-state index contributed by atoms with van der Waals surface area (Å²) in [6.07, 6.45) is 2.91. The molecule has 2 heterocycles. The Morgan fingerprint density at radius 2 is 2.06 bits per heavy atom. The van der Waals surface area contributed by atoms with E-state index in [0.717, 1.165) is 54.0 Å². The summed E-state index contributed by atoms with van der Waals surface area (Å²) in [4.78, 5) is 15.0. The molecule has 7 nitrogen and oxygen atoms in total. The minimum absolute atomic E-state index is 0.0466. The Hall–Kier alpha value is -3.32. The van der Waals surface area contributed by atoms with Crippen molar-refractivity contribution in [2.75, 3.05) is 19.7 Å². The van der Waals surface area contributed by atoms with Gasteiger partial charge in [0, 0.05) is 32.3 Å². The van der Waals surface area contributed by atoms with Gasteiger partial charge in [-0.15, -0.1) is 0 Å². The molecule has 2 amide bonds. The number of rotatable bonds is 9. The molecule has 180 valence electrons. The van der Waals surface area contributed by atoms with E-state index >= 15 is 0 Å². The molecule has 0 radical (unpaired) electrons. The van der Waals surface area contributed by atoms with Gasteiger partial charge in [0.25, 0.3) is 0 Å². The molecule has 4 rings (SSSR count). The lowest BCUT2D eigenvalue weighted by Gasteiger charge is -2.26. The van der Waals surface area contributed by atoms with Gasteiger partial charge < -0.3 is 19.7 Å². The molecular formula is C27H34N4O3. The monoisotopic (exact) mass is 462 g/mol. The molecule has 1 saturated heterocycles. The van der Waals surface area contributed by atoms with Crippen molar-refractivity contribution in [3.8, 4) is 22.9 Å². The van der Waals surface area contributed by atoms with Gasteiger partial charge in [0.15, 0.2) is 0 Å². The lowest BCUT2D eigenvalue weighted by Crippen LogP contribution is -2.43. The first-order valence-corrected chi connectivity index (χ1v) is 12.1. The van der Waals surface area contributed by atoms with Crippen LogP contribution in [0.25, 0.3) is 11.3 Å². The summed E-state index contributed by atoms with van der Waals surface area (Å²) in [7, 11) is 1.88. The maximum atomic E-state index is 13.2. The fourth-order valence-electron chi connectivity index (χ4n) is 4.23. The number of amides is 2. The Morgan fingerprint density at radius 3 is 2.76 bits per heavy atom. The molecule has 0 aliphatic carbocycles. The van der Waals surface area contributed by atoms with E-state index in [1.807, 2.05) is 80.4 Å². The van der Waals surface area contributed by atoms with Gasteiger partial charge in [-0.05, 0) is 43.9 Å². The SMILES string of the molecule is CCCNC(=O)N(Cc1c(-c2ccccc2)nn(C)c1Oc1cccc(C)c1)C[C@H]1CCCO1. The van der Waals surface area contributed by atoms with Crippen LogP contribution in [0.15, 0.2) is 54.6 Å². The van der Waals surface area contributed by atoms with E-state index in [4.69, 9.17) is 14.6 Å². The summed E-state index contributed by atoms with van der Waals surface area (Å²) in [5.74, 6) is 1.37. The largest absolute Gasteiger partial charge is 0.439 e. The van der Waals surface area contributed by atoms with Crippen molar-refractivity contribution in [1.82, 2.24) is 20.0 Å². The Morgan fingerprint density at radius 1 is 1.24 bits per heavy atom. The highest BCUT2D eigenvalue weighted by atomic mass is 16.5. The summed E-state index contributed by atoms with van der Waals surface area (Å²) in [6, 6.07) is 17.9. The maximum absolute atomic E-state index is 13.2. The van der Waals surface area contributed by atoms with E-state index in [0.29, 0.717) is 25.5 Å². The summed E-state index contributed by atoms with van der Waals surface area (Å²) < 4.78 is 14.0. The summed E-state index contributed by atoms with van der Waals surface area (Å²) in [5, 5.41) is 7.84. The number of carbonyl (C=O) groups excluding carboxylic acids is 1. The molecule has 0 saturated carbocycles. The lowest BCUT2D eigenvalue weighted by molar-refractivity contribution is 0.0793. The van der Waals surface area contributed by atoms with Crippen molar-refractivity contribution < 1.29 is 14.3 Å². The van der Waals surface area contributed by atoms with Crippen LogP contribution in [0.4, 0.5) is 4.79 Å². The predicted octanol–water partition coefficient (Wildman–Crippen LogP) is 5.29. The van der Waals surface area contributed by atoms with E-state index in [2.05, 4.69) is 5.32 Å². The summed E-state index contributed by atoms with van der Waals surface area (Å²) >= 11 is 0. The molecule has 2 aromatic carbocycles. The second-order valence-corrected chi connectivity index (χ2v) is 8.79. The Labute approximate surface area is 201 Å². The number of nitrogens with one attached hydrogen (secondary N) is 1. The molecule has 1 aliphatic rings. The van der Waals surface area contributed by atoms with Crippen LogP contribution >= 0.6 is 0 Å². The van der Waals surface area contributed by atoms with Crippen molar-refractivity contribution in [3.05, 3.63) is 65.7 Å². The first kappa shape index (κ1) is 23.8. The van der Waals surface area contributed by atoms with Crippen LogP contribution in [-0.2, 0) is 18.3 Å². The van der Waals surface area contributed by atoms with Crippen molar-refractivity contribution in [1.29, 1.82) is 0 Å². The first-order chi connectivity index (χ1) is 16.5. The van der Waals surface area contributed by atoms with Crippen LogP contribution in [-0.4, -0.2) is 46.5 Å². The number of urea groups is 1. The van der Waals surface area contributed by atoms with Gasteiger partial charge in [0.1, 0.15) is 11.4 Å². The van der Waals surface area contributed by atoms with Crippen molar-refractivity contribution in [3.63, 3.8) is 0 Å². The average Bonchev–Trinajstić information content (AvgIpc) is 3.46. The lowest BCUT2D eigenvalue weighted by atomic mass is 10.1. The number of aryl methyl sites for hydroxylation is 2. The van der Waals surface area contributed by atoms with Crippen LogP contribution in [0.3, 0.4) is 0 Å². The summed E-state index contributed by atoms with van der Waals surface area (Å²) in [6.45, 7) is 6.36. The van der Waals surface area contributed by atoms with Crippen molar-refractivity contribution in [2.45, 2.75) is 45.8 Å². The predicted molar refractivity (Wildman–Crippen MR) is 133 cm³/mol. The quantitative estimate of drug-likeness (QED) is 0.469. The van der Waals surface area contributed by atoms with E-state index in [9.17, 15) is 4.79 Å². The van der Waals surface area contributed by atoms with E-state index in [1.54, 1.807) is 4.68 Å². The van der Waals surface area contributed by atoms with Crippen LogP contribution < -0.4 is 10.1 Å². The Balaban J connectivity index is 1.71. The van der Waals surface area contributed by atoms with Crippen molar-refractivity contribution in [2.24, 2.45) is 7.05 Å². The molecule has 34 heavy (non-hydrogen) atoms. The van der Waals surface area contributed by atoms with Crippen LogP contribution in [0.5, 0.6) is 11.6 Å². The number of hydrogen-bond acceptors (Lipinski definition) is 4. The third-order valence-electron chi connectivity index (χ3n) is 5.95. The molecule has 1 fully saturated rings. The Kier molecular flexibility index (Phi) is 7.85. The molecule has 1 aromatic heterocycles. The van der Waals surface area contributed by atoms with Gasteiger partial charge in [-0.2, -0.15) is 5.10 Å². The molecule has 0 bridgehead atoms. The molecule has 0 unspecified atom stereocenters. The first-order valence-electron chi connectivity index (χ1n) is 12.1. The van der Waals surface area contributed by atoms with Crippen LogP contribution in [0, 0.1) is 6.92 Å². The molecule has 0 spiro atoms. The second kappa shape index (κ2) is 11.2. The number of nitrogens with zero attached hydrogens (tertiary/aromatic N) is 3. The van der Waals surface area contributed by atoms with E-state index in [-0.39, 0.29) is 12.1 Å². The minimum atomic E-state index is -0.0956. The molecule has 1 atom stereocenters. The standard InChI is InChI=1S/C27H34N4O3/c1-4-15-28-27(32)31(18-23-14-9-16-33-23)19-24-25(21-11-6-5-7-12-21)29-30(3)26(24)34-22-13-8-10-20(2)17-22/h5-8,10-13,17,23H,4,9,14-16,18-19H2,1-3H3,(H,28,32)/t23-/m1/s1. The van der Waals surface area contributed by atoms with E-state index < -0.39 is 0 Å². The van der Waals surface area contributed by atoms with Gasteiger partial charge in [0.05, 0.1) is 18.2 Å². The number of hydrogen-bond donors (Lipinski definition) is 1. The molecule has 7 heteroatoms. The highest BCUT2D eigenvalue weighted by Crippen LogP contribution is 2.34. The number of benzene rings is 2. The molecule has 1 aliphatic heterocycles. The maximum Gasteiger partial charge on any atom is 0.317 e.